The predicted octanol–water partition coefficient (Wildman–Crippen LogP) is 3.19. The lowest BCUT2D eigenvalue weighted by molar-refractivity contribution is -0.120. The Kier molecular flexibility index (Phi) is 6.14. The highest BCUT2D eigenvalue weighted by atomic mass is 32.1. The van der Waals surface area contributed by atoms with Crippen molar-refractivity contribution >= 4 is 29.3 Å². The van der Waals surface area contributed by atoms with Gasteiger partial charge in [-0.3, -0.25) is 14.2 Å². The van der Waals surface area contributed by atoms with Gasteiger partial charge in [-0.05, 0) is 23.8 Å². The molecule has 30 heavy (non-hydrogen) atoms. The summed E-state index contributed by atoms with van der Waals surface area (Å²) in [6.45, 7) is 5.56. The molecule has 0 spiro atoms. The van der Waals surface area contributed by atoms with E-state index in [2.05, 4.69) is 6.07 Å². The highest BCUT2D eigenvalue weighted by Gasteiger charge is 2.20. The Morgan fingerprint density at radius 2 is 1.83 bits per heavy atom. The highest BCUT2D eigenvalue weighted by Crippen LogP contribution is 2.15. The summed E-state index contributed by atoms with van der Waals surface area (Å²) in [5.41, 5.74) is 0.502. The van der Waals surface area contributed by atoms with E-state index in [0.29, 0.717) is 25.9 Å². The molecule has 1 heterocycles. The third kappa shape index (κ3) is 4.64. The fourth-order valence-electron chi connectivity index (χ4n) is 2.79. The summed E-state index contributed by atoms with van der Waals surface area (Å²) in [6.07, 6.45) is 2.95. The second-order valence-corrected chi connectivity index (χ2v) is 8.95. The Labute approximate surface area is 177 Å². The largest absolute Gasteiger partial charge is 0.294 e. The molecule has 0 radical (unpaired) electrons. The second kappa shape index (κ2) is 8.60. The van der Waals surface area contributed by atoms with Crippen LogP contribution in [-0.2, 0) is 11.3 Å². The van der Waals surface area contributed by atoms with Crippen molar-refractivity contribution in [2.45, 2.75) is 27.3 Å². The SMILES string of the molecule is CC(C)(C)C(=O)/C=c1\s/c(=C\c2ccccc2F)c(=O)n1Cc1ccccc1C#N. The summed E-state index contributed by atoms with van der Waals surface area (Å²) < 4.78 is 16.4. The third-order valence-corrected chi connectivity index (χ3v) is 5.65. The van der Waals surface area contributed by atoms with Crippen LogP contribution in [0.4, 0.5) is 4.39 Å². The van der Waals surface area contributed by atoms with Crippen molar-refractivity contribution in [3.8, 4) is 6.07 Å². The molecule has 152 valence electrons. The molecule has 0 bridgehead atoms. The van der Waals surface area contributed by atoms with Crippen LogP contribution in [0.2, 0.25) is 0 Å². The van der Waals surface area contributed by atoms with Crippen LogP contribution in [-0.4, -0.2) is 10.4 Å². The van der Waals surface area contributed by atoms with Crippen LogP contribution in [0, 0.1) is 22.6 Å². The summed E-state index contributed by atoms with van der Waals surface area (Å²) in [6, 6.07) is 15.3. The molecule has 1 aromatic heterocycles. The topological polar surface area (TPSA) is 62.9 Å². The number of carbonyl (C=O) groups is 1. The zero-order chi connectivity index (χ0) is 21.9. The summed E-state index contributed by atoms with van der Waals surface area (Å²) in [4.78, 5) is 25.8. The van der Waals surface area contributed by atoms with Crippen LogP contribution in [0.15, 0.2) is 53.3 Å². The van der Waals surface area contributed by atoms with E-state index in [0.717, 1.165) is 11.3 Å². The lowest BCUT2D eigenvalue weighted by atomic mass is 9.91. The molecule has 0 saturated carbocycles. The fourth-order valence-corrected chi connectivity index (χ4v) is 3.82. The summed E-state index contributed by atoms with van der Waals surface area (Å²) in [7, 11) is 0. The molecular weight excluding hydrogens is 399 g/mol. The molecule has 0 atom stereocenters. The minimum absolute atomic E-state index is 0.122. The Morgan fingerprint density at radius 3 is 2.50 bits per heavy atom. The van der Waals surface area contributed by atoms with Crippen molar-refractivity contribution in [1.29, 1.82) is 5.26 Å². The molecule has 6 heteroatoms. The average Bonchev–Trinajstić information content (AvgIpc) is 2.98. The Balaban J connectivity index is 2.24. The second-order valence-electron chi connectivity index (χ2n) is 7.89. The van der Waals surface area contributed by atoms with Crippen LogP contribution in [0.25, 0.3) is 12.2 Å². The molecule has 0 amide bonds. The predicted molar refractivity (Wildman–Crippen MR) is 117 cm³/mol. The number of nitriles is 1. The Bertz CT molecular complexity index is 1320. The van der Waals surface area contributed by atoms with E-state index >= 15 is 0 Å². The van der Waals surface area contributed by atoms with Gasteiger partial charge in [0, 0.05) is 17.1 Å². The number of nitrogens with zero attached hydrogens (tertiary/aromatic N) is 2. The normalized spacial score (nSPS) is 12.8. The van der Waals surface area contributed by atoms with E-state index in [-0.39, 0.29) is 17.9 Å². The van der Waals surface area contributed by atoms with Gasteiger partial charge in [0.05, 0.1) is 22.7 Å². The van der Waals surface area contributed by atoms with E-state index in [1.54, 1.807) is 63.2 Å². The van der Waals surface area contributed by atoms with Gasteiger partial charge in [-0.15, -0.1) is 11.3 Å². The van der Waals surface area contributed by atoms with E-state index in [4.69, 9.17) is 0 Å². The molecule has 0 aliphatic carbocycles. The Hall–Kier alpha value is -3.30. The van der Waals surface area contributed by atoms with Crippen molar-refractivity contribution in [2.75, 3.05) is 0 Å². The van der Waals surface area contributed by atoms with Crippen molar-refractivity contribution < 1.29 is 9.18 Å². The summed E-state index contributed by atoms with van der Waals surface area (Å²) >= 11 is 1.14. The molecule has 0 aliphatic rings. The summed E-state index contributed by atoms with van der Waals surface area (Å²) in [5, 5.41) is 9.37. The monoisotopic (exact) mass is 420 g/mol. The maximum atomic E-state index is 14.1. The van der Waals surface area contributed by atoms with Gasteiger partial charge in [0.15, 0.2) is 5.78 Å². The smallest absolute Gasteiger partial charge is 0.269 e. The minimum atomic E-state index is -0.606. The number of halogens is 1. The van der Waals surface area contributed by atoms with E-state index < -0.39 is 11.2 Å². The number of Topliss-reactive ketones (excluding diaryl/α,β-unsaturated/α-hetero) is 1. The number of carbonyl (C=O) groups excluding carboxylic acids is 1. The molecule has 0 unspecified atom stereocenters. The van der Waals surface area contributed by atoms with Crippen molar-refractivity contribution in [1.82, 2.24) is 4.57 Å². The first-order chi connectivity index (χ1) is 14.2. The first kappa shape index (κ1) is 21.4. The van der Waals surface area contributed by atoms with Crippen molar-refractivity contribution in [3.63, 3.8) is 0 Å². The van der Waals surface area contributed by atoms with Crippen LogP contribution in [0.1, 0.15) is 37.5 Å². The van der Waals surface area contributed by atoms with Gasteiger partial charge in [-0.25, -0.2) is 4.39 Å². The number of aromatic nitrogens is 1. The molecule has 0 saturated heterocycles. The minimum Gasteiger partial charge on any atom is -0.294 e. The lowest BCUT2D eigenvalue weighted by Gasteiger charge is -2.13. The van der Waals surface area contributed by atoms with Gasteiger partial charge in [0.25, 0.3) is 5.56 Å². The van der Waals surface area contributed by atoms with Crippen LogP contribution in [0.5, 0.6) is 0 Å². The van der Waals surface area contributed by atoms with Gasteiger partial charge in [-0.2, -0.15) is 5.26 Å². The number of thiazole rings is 1. The van der Waals surface area contributed by atoms with Gasteiger partial charge in [0.1, 0.15) is 10.5 Å². The molecule has 0 N–H and O–H groups in total. The first-order valence-corrected chi connectivity index (χ1v) is 10.2. The van der Waals surface area contributed by atoms with Gasteiger partial charge < -0.3 is 0 Å². The van der Waals surface area contributed by atoms with E-state index in [9.17, 15) is 19.2 Å². The Morgan fingerprint density at radius 1 is 1.17 bits per heavy atom. The molecule has 3 aromatic rings. The van der Waals surface area contributed by atoms with Crippen LogP contribution < -0.4 is 14.8 Å². The van der Waals surface area contributed by atoms with Crippen LogP contribution >= 0.6 is 11.3 Å². The van der Waals surface area contributed by atoms with E-state index in [1.165, 1.54) is 22.8 Å². The highest BCUT2D eigenvalue weighted by molar-refractivity contribution is 7.07. The maximum absolute atomic E-state index is 14.1. The number of ketones is 1. The van der Waals surface area contributed by atoms with E-state index in [1.807, 2.05) is 0 Å². The van der Waals surface area contributed by atoms with Crippen molar-refractivity contribution in [2.24, 2.45) is 5.41 Å². The maximum Gasteiger partial charge on any atom is 0.269 e. The zero-order valence-electron chi connectivity index (χ0n) is 17.0. The van der Waals surface area contributed by atoms with Crippen molar-refractivity contribution in [3.05, 3.63) is 90.6 Å². The van der Waals surface area contributed by atoms with Gasteiger partial charge in [0.2, 0.25) is 0 Å². The first-order valence-electron chi connectivity index (χ1n) is 9.41. The lowest BCUT2D eigenvalue weighted by Crippen LogP contribution is -2.33. The average molecular weight is 421 g/mol. The fraction of sp³-hybridized carbons (Fsp3) is 0.208. The number of rotatable bonds is 4. The van der Waals surface area contributed by atoms with Gasteiger partial charge in [-0.1, -0.05) is 57.2 Å². The zero-order valence-corrected chi connectivity index (χ0v) is 17.8. The molecular formula is C24H21FN2O2S. The molecule has 0 fully saturated rings. The molecule has 4 nitrogen and oxygen atoms in total. The van der Waals surface area contributed by atoms with Crippen LogP contribution in [0.3, 0.4) is 0 Å². The standard InChI is InChI=1S/C24H21FN2O2S/c1-24(2,3)21(28)13-22-27(15-18-10-5-4-9-17(18)14-26)23(29)20(30-22)12-16-8-6-7-11-19(16)25/h4-13H,15H2,1-3H3/b20-12-,22-13-. The molecule has 0 aliphatic heterocycles. The molecule has 3 rings (SSSR count). The quantitative estimate of drug-likeness (QED) is 0.651. The number of benzene rings is 2. The summed E-state index contributed by atoms with van der Waals surface area (Å²) in [5.74, 6) is -0.550. The van der Waals surface area contributed by atoms with Gasteiger partial charge >= 0.3 is 0 Å². The molecule has 2 aromatic carbocycles. The third-order valence-electron chi connectivity index (χ3n) is 4.59. The number of hydrogen-bond donors (Lipinski definition) is 0. The number of hydrogen-bond acceptors (Lipinski definition) is 4.